The van der Waals surface area contributed by atoms with Crippen LogP contribution >= 0.6 is 0 Å². The first kappa shape index (κ1) is 35.0. The van der Waals surface area contributed by atoms with Crippen molar-refractivity contribution in [1.82, 2.24) is 0 Å². The van der Waals surface area contributed by atoms with E-state index in [-0.39, 0.29) is 5.97 Å². The van der Waals surface area contributed by atoms with Gasteiger partial charge in [-0.25, -0.2) is 0 Å². The molecule has 0 radical (unpaired) electrons. The second kappa shape index (κ2) is 22.0. The minimum absolute atomic E-state index is 0.0406. The summed E-state index contributed by atoms with van der Waals surface area (Å²) in [4.78, 5) is 12.0. The molecule has 2 nitrogen and oxygen atoms in total. The highest BCUT2D eigenvalue weighted by molar-refractivity contribution is 5.69. The first-order valence-electron chi connectivity index (χ1n) is 19.4. The molecule has 3 rings (SSSR count). The lowest BCUT2D eigenvalue weighted by Gasteiger charge is -2.06. The molecule has 0 aliphatic heterocycles. The van der Waals surface area contributed by atoms with Crippen molar-refractivity contribution in [1.29, 1.82) is 0 Å². The van der Waals surface area contributed by atoms with Gasteiger partial charge in [-0.3, -0.25) is 4.79 Å². The zero-order valence-electron chi connectivity index (χ0n) is 28.0. The molecule has 2 heteroatoms. The normalized spacial score (nSPS) is 26.3. The summed E-state index contributed by atoms with van der Waals surface area (Å²) in [6, 6.07) is 0. The van der Waals surface area contributed by atoms with Gasteiger partial charge in [-0.1, -0.05) is 155 Å². The smallest absolute Gasteiger partial charge is 0.305 e. The molecule has 41 heavy (non-hydrogen) atoms. The van der Waals surface area contributed by atoms with Crippen molar-refractivity contribution in [2.75, 3.05) is 6.61 Å². The molecular weight excluding hydrogens is 500 g/mol. The predicted molar refractivity (Wildman–Crippen MR) is 177 cm³/mol. The molecule has 0 amide bonds. The molecule has 6 atom stereocenters. The Kier molecular flexibility index (Phi) is 18.8. The van der Waals surface area contributed by atoms with E-state index in [0.717, 1.165) is 48.3 Å². The Bertz CT molecular complexity index is 643. The molecular formula is C39H72O2. The van der Waals surface area contributed by atoms with Crippen LogP contribution in [0.3, 0.4) is 0 Å². The third kappa shape index (κ3) is 17.4. The first-order chi connectivity index (χ1) is 20.2. The molecule has 6 unspecified atom stereocenters. The summed E-state index contributed by atoms with van der Waals surface area (Å²) in [6.07, 6.45) is 39.8. The van der Waals surface area contributed by atoms with Crippen molar-refractivity contribution in [3.8, 4) is 0 Å². The van der Waals surface area contributed by atoms with Crippen LogP contribution in [0.25, 0.3) is 0 Å². The van der Waals surface area contributed by atoms with Crippen molar-refractivity contribution in [2.45, 2.75) is 200 Å². The Morgan fingerprint density at radius 1 is 0.463 bits per heavy atom. The average Bonchev–Trinajstić information content (AvgIpc) is 3.90. The molecule has 0 saturated heterocycles. The molecule has 3 aliphatic carbocycles. The Labute approximate surface area is 257 Å². The van der Waals surface area contributed by atoms with Gasteiger partial charge in [0.15, 0.2) is 0 Å². The predicted octanol–water partition coefficient (Wildman–Crippen LogP) is 12.6. The van der Waals surface area contributed by atoms with Gasteiger partial charge in [0.1, 0.15) is 0 Å². The maximum atomic E-state index is 12.0. The minimum atomic E-state index is 0.0406. The van der Waals surface area contributed by atoms with E-state index < -0.39 is 0 Å². The number of hydrogen-bond donors (Lipinski definition) is 0. The van der Waals surface area contributed by atoms with Gasteiger partial charge in [0, 0.05) is 6.42 Å². The second-order valence-corrected chi connectivity index (χ2v) is 15.0. The highest BCUT2D eigenvalue weighted by Crippen LogP contribution is 2.54. The first-order valence-corrected chi connectivity index (χ1v) is 19.4. The van der Waals surface area contributed by atoms with E-state index in [1.54, 1.807) is 12.8 Å². The van der Waals surface area contributed by atoms with Crippen LogP contribution in [0.4, 0.5) is 0 Å². The Balaban J connectivity index is 0.969. The van der Waals surface area contributed by atoms with Crippen LogP contribution in [0, 0.1) is 35.5 Å². The number of rotatable bonds is 30. The Hall–Kier alpha value is -0.530. The average molecular weight is 573 g/mol. The fraction of sp³-hybridized carbons (Fsp3) is 0.974. The highest BCUT2D eigenvalue weighted by Gasteiger charge is 2.44. The van der Waals surface area contributed by atoms with Crippen LogP contribution in [0.5, 0.6) is 0 Å². The van der Waals surface area contributed by atoms with Crippen molar-refractivity contribution in [3.63, 3.8) is 0 Å². The standard InChI is InChI=1S/C39H72O2/c1-3-5-7-8-12-18-24-33-29-34(33)25-19-13-9-10-16-22-28-41-39(40)27-21-15-11-14-20-26-36-31-38(36)32-37-30-35(37)23-17-6-4-2/h33-38H,3-32H2,1-2H3. The van der Waals surface area contributed by atoms with Crippen LogP contribution in [-0.2, 0) is 9.53 Å². The monoisotopic (exact) mass is 573 g/mol. The summed E-state index contributed by atoms with van der Waals surface area (Å²) >= 11 is 0. The van der Waals surface area contributed by atoms with Gasteiger partial charge >= 0.3 is 5.97 Å². The fourth-order valence-electron chi connectivity index (χ4n) is 7.83. The van der Waals surface area contributed by atoms with E-state index in [9.17, 15) is 4.79 Å². The number of ether oxygens (including phenoxy) is 1. The van der Waals surface area contributed by atoms with Crippen LogP contribution in [0.15, 0.2) is 0 Å². The maximum Gasteiger partial charge on any atom is 0.305 e. The number of carbonyl (C=O) groups is 1. The number of carbonyl (C=O) groups excluding carboxylic acids is 1. The van der Waals surface area contributed by atoms with Gasteiger partial charge < -0.3 is 4.74 Å². The lowest BCUT2D eigenvalue weighted by Crippen LogP contribution is -2.05. The molecule has 0 N–H and O–H groups in total. The largest absolute Gasteiger partial charge is 0.466 e. The molecule has 0 spiro atoms. The molecule has 3 aliphatic rings. The lowest BCUT2D eigenvalue weighted by molar-refractivity contribution is -0.143. The molecule has 0 heterocycles. The van der Waals surface area contributed by atoms with Crippen molar-refractivity contribution in [2.24, 2.45) is 35.5 Å². The zero-order chi connectivity index (χ0) is 29.0. The van der Waals surface area contributed by atoms with Gasteiger partial charge in [-0.05, 0) is 74.0 Å². The van der Waals surface area contributed by atoms with Gasteiger partial charge in [-0.2, -0.15) is 0 Å². The summed E-state index contributed by atoms with van der Waals surface area (Å²) in [5.74, 6) is 6.57. The highest BCUT2D eigenvalue weighted by atomic mass is 16.5. The SMILES string of the molecule is CCCCCCCCC1CC1CCCCCCCCOC(=O)CCCCCCCC1CC1CC1CC1CCCCC. The van der Waals surface area contributed by atoms with Crippen LogP contribution < -0.4 is 0 Å². The summed E-state index contributed by atoms with van der Waals surface area (Å²) in [6.45, 7) is 5.26. The molecule has 3 saturated carbocycles. The van der Waals surface area contributed by atoms with Gasteiger partial charge in [0.25, 0.3) is 0 Å². The van der Waals surface area contributed by atoms with E-state index in [2.05, 4.69) is 13.8 Å². The van der Waals surface area contributed by atoms with E-state index in [1.807, 2.05) is 0 Å². The molecule has 240 valence electrons. The molecule has 0 aromatic heterocycles. The van der Waals surface area contributed by atoms with E-state index in [4.69, 9.17) is 4.74 Å². The van der Waals surface area contributed by atoms with E-state index in [0.29, 0.717) is 13.0 Å². The minimum Gasteiger partial charge on any atom is -0.466 e. The van der Waals surface area contributed by atoms with Crippen molar-refractivity contribution < 1.29 is 9.53 Å². The molecule has 0 aromatic carbocycles. The zero-order valence-corrected chi connectivity index (χ0v) is 28.0. The molecule has 0 aromatic rings. The number of esters is 1. The van der Waals surface area contributed by atoms with Crippen LogP contribution in [-0.4, -0.2) is 12.6 Å². The summed E-state index contributed by atoms with van der Waals surface area (Å²) in [5.41, 5.74) is 0. The van der Waals surface area contributed by atoms with E-state index in [1.165, 1.54) is 154 Å². The summed E-state index contributed by atoms with van der Waals surface area (Å²) in [7, 11) is 0. The fourth-order valence-corrected chi connectivity index (χ4v) is 7.83. The maximum absolute atomic E-state index is 12.0. The molecule has 3 fully saturated rings. The number of unbranched alkanes of at least 4 members (excludes halogenated alkanes) is 16. The van der Waals surface area contributed by atoms with Gasteiger partial charge in [0.2, 0.25) is 0 Å². The van der Waals surface area contributed by atoms with Crippen LogP contribution in [0.1, 0.15) is 200 Å². The number of hydrogen-bond acceptors (Lipinski definition) is 2. The van der Waals surface area contributed by atoms with Gasteiger partial charge in [0.05, 0.1) is 6.61 Å². The molecule has 0 bridgehead atoms. The lowest BCUT2D eigenvalue weighted by atomic mass is 10.0. The summed E-state index contributed by atoms with van der Waals surface area (Å²) < 4.78 is 5.49. The topological polar surface area (TPSA) is 26.3 Å². The Morgan fingerprint density at radius 3 is 1.37 bits per heavy atom. The van der Waals surface area contributed by atoms with Crippen molar-refractivity contribution >= 4 is 5.97 Å². The van der Waals surface area contributed by atoms with E-state index >= 15 is 0 Å². The van der Waals surface area contributed by atoms with Crippen LogP contribution in [0.2, 0.25) is 0 Å². The van der Waals surface area contributed by atoms with Gasteiger partial charge in [-0.15, -0.1) is 0 Å². The quantitative estimate of drug-likeness (QED) is 0.0632. The Morgan fingerprint density at radius 2 is 0.829 bits per heavy atom. The second-order valence-electron chi connectivity index (χ2n) is 15.0. The summed E-state index contributed by atoms with van der Waals surface area (Å²) in [5, 5.41) is 0. The van der Waals surface area contributed by atoms with Crippen molar-refractivity contribution in [3.05, 3.63) is 0 Å². The third-order valence-electron chi connectivity index (χ3n) is 11.1. The third-order valence-corrected chi connectivity index (χ3v) is 11.1.